The van der Waals surface area contributed by atoms with Gasteiger partial charge in [0, 0.05) is 17.7 Å². The Labute approximate surface area is 144 Å². The van der Waals surface area contributed by atoms with E-state index in [-0.39, 0.29) is 11.8 Å². The predicted octanol–water partition coefficient (Wildman–Crippen LogP) is 3.16. The zero-order chi connectivity index (χ0) is 16.3. The molecule has 2 heterocycles. The Balaban J connectivity index is 1.44. The second-order valence-electron chi connectivity index (χ2n) is 7.15. The maximum atomic E-state index is 13.1. The lowest BCUT2D eigenvalue weighted by atomic mass is 9.80. The summed E-state index contributed by atoms with van der Waals surface area (Å²) in [5, 5.41) is 3.16. The first-order valence-electron chi connectivity index (χ1n) is 8.55. The average Bonchev–Trinajstić information content (AvgIpc) is 3.15. The van der Waals surface area contributed by atoms with Crippen molar-refractivity contribution < 1.29 is 9.59 Å². The Morgan fingerprint density at radius 1 is 1.25 bits per heavy atom. The molecule has 4 nitrogen and oxygen atoms in total. The van der Waals surface area contributed by atoms with E-state index in [0.717, 1.165) is 29.1 Å². The third kappa shape index (κ3) is 2.00. The van der Waals surface area contributed by atoms with Crippen molar-refractivity contribution in [3.05, 3.63) is 51.5 Å². The molecule has 1 atom stereocenters. The summed E-state index contributed by atoms with van der Waals surface area (Å²) in [7, 11) is 0. The SMILES string of the molecule is O=C1C[C@]2(CCc3ccccc32)C(=O)N1Cc1csc(C2CC2)n1. The summed E-state index contributed by atoms with van der Waals surface area (Å²) in [6, 6.07) is 8.07. The number of aromatic nitrogens is 1. The highest BCUT2D eigenvalue weighted by atomic mass is 32.1. The van der Waals surface area contributed by atoms with Gasteiger partial charge in [0.25, 0.3) is 0 Å². The van der Waals surface area contributed by atoms with E-state index in [9.17, 15) is 9.59 Å². The van der Waals surface area contributed by atoms with Crippen LogP contribution in [0.1, 0.15) is 53.4 Å². The Bertz CT molecular complexity index is 855. The van der Waals surface area contributed by atoms with Crippen molar-refractivity contribution in [1.82, 2.24) is 9.88 Å². The van der Waals surface area contributed by atoms with Gasteiger partial charge in [-0.05, 0) is 36.8 Å². The smallest absolute Gasteiger partial charge is 0.240 e. The summed E-state index contributed by atoms with van der Waals surface area (Å²) in [6.45, 7) is 0.324. The molecule has 0 radical (unpaired) electrons. The molecule has 2 aromatic rings. The molecule has 5 rings (SSSR count). The van der Waals surface area contributed by atoms with E-state index in [1.54, 1.807) is 11.3 Å². The Kier molecular flexibility index (Phi) is 2.98. The van der Waals surface area contributed by atoms with Gasteiger partial charge in [-0.3, -0.25) is 14.5 Å². The van der Waals surface area contributed by atoms with Gasteiger partial charge in [0.2, 0.25) is 11.8 Å². The number of aryl methyl sites for hydroxylation is 1. The third-order valence-corrected chi connectivity index (χ3v) is 6.63. The van der Waals surface area contributed by atoms with E-state index in [4.69, 9.17) is 0 Å². The van der Waals surface area contributed by atoms with Crippen molar-refractivity contribution in [2.24, 2.45) is 0 Å². The second-order valence-corrected chi connectivity index (χ2v) is 8.04. The molecule has 1 aromatic heterocycles. The minimum Gasteiger partial charge on any atom is -0.276 e. The minimum atomic E-state index is -0.622. The average molecular weight is 338 g/mol. The molecule has 2 fully saturated rings. The number of imide groups is 1. The van der Waals surface area contributed by atoms with Gasteiger partial charge in [-0.2, -0.15) is 0 Å². The lowest BCUT2D eigenvalue weighted by Gasteiger charge is -2.22. The summed E-state index contributed by atoms with van der Waals surface area (Å²) < 4.78 is 0. The van der Waals surface area contributed by atoms with E-state index in [1.807, 2.05) is 23.6 Å². The number of hydrogen-bond acceptors (Lipinski definition) is 4. The van der Waals surface area contributed by atoms with Crippen LogP contribution in [0.4, 0.5) is 0 Å². The first-order chi connectivity index (χ1) is 11.7. The highest BCUT2D eigenvalue weighted by Crippen LogP contribution is 2.47. The van der Waals surface area contributed by atoms with E-state index < -0.39 is 5.41 Å². The second kappa shape index (κ2) is 4.99. The van der Waals surface area contributed by atoms with Crippen LogP contribution >= 0.6 is 11.3 Å². The van der Waals surface area contributed by atoms with E-state index in [0.29, 0.717) is 18.9 Å². The molecule has 122 valence electrons. The Morgan fingerprint density at radius 3 is 2.92 bits per heavy atom. The van der Waals surface area contributed by atoms with Crippen molar-refractivity contribution in [2.45, 2.75) is 50.0 Å². The highest BCUT2D eigenvalue weighted by Gasteiger charge is 2.55. The van der Waals surface area contributed by atoms with Crippen molar-refractivity contribution in [1.29, 1.82) is 0 Å². The molecule has 2 amide bonds. The van der Waals surface area contributed by atoms with Crippen LogP contribution in [-0.4, -0.2) is 21.7 Å². The molecular formula is C19H18N2O2S. The van der Waals surface area contributed by atoms with E-state index in [2.05, 4.69) is 11.1 Å². The van der Waals surface area contributed by atoms with Gasteiger partial charge in [-0.1, -0.05) is 24.3 Å². The van der Waals surface area contributed by atoms with Crippen LogP contribution in [0, 0.1) is 0 Å². The highest BCUT2D eigenvalue weighted by molar-refractivity contribution is 7.09. The van der Waals surface area contributed by atoms with Crippen LogP contribution in [0.2, 0.25) is 0 Å². The van der Waals surface area contributed by atoms with Crippen LogP contribution in [-0.2, 0) is 28.0 Å². The summed E-state index contributed by atoms with van der Waals surface area (Å²) in [5.41, 5.74) is 2.50. The molecule has 0 N–H and O–H groups in total. The number of fused-ring (bicyclic) bond motifs is 2. The maximum absolute atomic E-state index is 13.1. The molecule has 0 unspecified atom stereocenters. The number of amides is 2. The fourth-order valence-corrected chi connectivity index (χ4v) is 5.11. The van der Waals surface area contributed by atoms with Crippen LogP contribution in [0.15, 0.2) is 29.6 Å². The summed E-state index contributed by atoms with van der Waals surface area (Å²) in [4.78, 5) is 31.8. The number of thiazole rings is 1. The molecule has 24 heavy (non-hydrogen) atoms. The molecule has 1 saturated carbocycles. The van der Waals surface area contributed by atoms with Crippen molar-refractivity contribution >= 4 is 23.2 Å². The van der Waals surface area contributed by atoms with Crippen LogP contribution in [0.5, 0.6) is 0 Å². The first kappa shape index (κ1) is 14.3. The van der Waals surface area contributed by atoms with Crippen LogP contribution in [0.3, 0.4) is 0 Å². The molecule has 5 heteroatoms. The fraction of sp³-hybridized carbons (Fsp3) is 0.421. The zero-order valence-electron chi connectivity index (χ0n) is 13.3. The molecule has 1 spiro atoms. The molecular weight excluding hydrogens is 320 g/mol. The van der Waals surface area contributed by atoms with Crippen LogP contribution < -0.4 is 0 Å². The van der Waals surface area contributed by atoms with Gasteiger partial charge in [-0.25, -0.2) is 4.98 Å². The summed E-state index contributed by atoms with van der Waals surface area (Å²) >= 11 is 1.66. The van der Waals surface area contributed by atoms with Gasteiger partial charge in [0.05, 0.1) is 22.7 Å². The quantitative estimate of drug-likeness (QED) is 0.808. The number of rotatable bonds is 3. The van der Waals surface area contributed by atoms with Gasteiger partial charge in [0.15, 0.2) is 0 Å². The standard InChI is InChI=1S/C19H18N2O2S/c22-16-9-19(8-7-12-3-1-2-4-15(12)19)18(23)21(16)10-14-11-24-17(20-14)13-5-6-13/h1-4,11,13H,5-10H2/t19-/m0/s1. The van der Waals surface area contributed by atoms with Gasteiger partial charge < -0.3 is 0 Å². The lowest BCUT2D eigenvalue weighted by molar-refractivity contribution is -0.140. The Morgan fingerprint density at radius 2 is 2.08 bits per heavy atom. The molecule has 0 bridgehead atoms. The number of carbonyl (C=O) groups is 2. The van der Waals surface area contributed by atoms with Gasteiger partial charge in [0.1, 0.15) is 0 Å². The lowest BCUT2D eigenvalue weighted by Crippen LogP contribution is -2.36. The Hall–Kier alpha value is -2.01. The largest absolute Gasteiger partial charge is 0.276 e. The molecule has 1 aliphatic heterocycles. The van der Waals surface area contributed by atoms with Crippen LogP contribution in [0.25, 0.3) is 0 Å². The molecule has 1 aromatic carbocycles. The molecule has 3 aliphatic rings. The normalized spacial score (nSPS) is 25.8. The number of carbonyl (C=O) groups excluding carboxylic acids is 2. The van der Waals surface area contributed by atoms with Crippen molar-refractivity contribution in [2.75, 3.05) is 0 Å². The number of likely N-dealkylation sites (tertiary alicyclic amines) is 1. The number of nitrogens with zero attached hydrogens (tertiary/aromatic N) is 2. The van der Waals surface area contributed by atoms with Gasteiger partial charge >= 0.3 is 0 Å². The monoisotopic (exact) mass is 338 g/mol. The first-order valence-corrected chi connectivity index (χ1v) is 9.43. The minimum absolute atomic E-state index is 0.0292. The molecule has 2 aliphatic carbocycles. The number of hydrogen-bond donors (Lipinski definition) is 0. The summed E-state index contributed by atoms with van der Waals surface area (Å²) in [5.74, 6) is 0.526. The van der Waals surface area contributed by atoms with Crippen molar-refractivity contribution in [3.8, 4) is 0 Å². The van der Waals surface area contributed by atoms with Gasteiger partial charge in [-0.15, -0.1) is 11.3 Å². The van der Waals surface area contributed by atoms with E-state index >= 15 is 0 Å². The number of benzene rings is 1. The predicted molar refractivity (Wildman–Crippen MR) is 90.7 cm³/mol. The molecule has 1 saturated heterocycles. The maximum Gasteiger partial charge on any atom is 0.240 e. The third-order valence-electron chi connectivity index (χ3n) is 5.58. The van der Waals surface area contributed by atoms with E-state index in [1.165, 1.54) is 23.3 Å². The zero-order valence-corrected chi connectivity index (χ0v) is 14.1. The topological polar surface area (TPSA) is 50.3 Å². The summed E-state index contributed by atoms with van der Waals surface area (Å²) in [6.07, 6.45) is 4.37. The van der Waals surface area contributed by atoms with Crippen molar-refractivity contribution in [3.63, 3.8) is 0 Å². The fourth-order valence-electron chi connectivity index (χ4n) is 4.13.